The fourth-order valence-corrected chi connectivity index (χ4v) is 4.65. The number of nitrogens with one attached hydrogen (secondary N) is 2. The maximum absolute atomic E-state index is 12.8. The van der Waals surface area contributed by atoms with Crippen LogP contribution in [0.5, 0.6) is 11.5 Å². The van der Waals surface area contributed by atoms with Crippen LogP contribution in [-0.2, 0) is 16.4 Å². The highest BCUT2D eigenvalue weighted by Crippen LogP contribution is 2.36. The number of fused-ring (bicyclic) bond motifs is 2. The molecule has 0 aliphatic carbocycles. The quantitative estimate of drug-likeness (QED) is 0.871. The van der Waals surface area contributed by atoms with Crippen LogP contribution in [0.25, 0.3) is 0 Å². The van der Waals surface area contributed by atoms with Gasteiger partial charge in [0.15, 0.2) is 11.5 Å². The average Bonchev–Trinajstić information content (AvgIpc) is 3.06. The van der Waals surface area contributed by atoms with Crippen molar-refractivity contribution < 1.29 is 17.9 Å². The summed E-state index contributed by atoms with van der Waals surface area (Å²) < 4.78 is 38.9. The number of hydrogen-bond donors (Lipinski definition) is 2. The van der Waals surface area contributed by atoms with Crippen molar-refractivity contribution in [2.45, 2.75) is 24.3 Å². The lowest BCUT2D eigenvalue weighted by Crippen LogP contribution is -2.38. The Hall–Kier alpha value is -2.09. The molecule has 1 atom stereocenters. The zero-order valence-corrected chi connectivity index (χ0v) is 14.7. The molecule has 25 heavy (non-hydrogen) atoms. The summed E-state index contributed by atoms with van der Waals surface area (Å²) in [5, 5.41) is 3.38. The van der Waals surface area contributed by atoms with E-state index in [1.165, 1.54) is 11.6 Å². The van der Waals surface area contributed by atoms with Crippen molar-refractivity contribution in [2.24, 2.45) is 0 Å². The van der Waals surface area contributed by atoms with Crippen molar-refractivity contribution >= 4 is 10.0 Å². The lowest BCUT2D eigenvalue weighted by molar-refractivity contribution is 0.174. The van der Waals surface area contributed by atoms with E-state index < -0.39 is 10.0 Å². The number of sulfonamides is 1. The largest absolute Gasteiger partial charge is 0.454 e. The molecule has 0 saturated heterocycles. The average molecular weight is 360 g/mol. The highest BCUT2D eigenvalue weighted by molar-refractivity contribution is 7.89. The van der Waals surface area contributed by atoms with E-state index in [0.29, 0.717) is 23.6 Å². The SMILES string of the molecule is Cc1cc2c(cc1S(=O)(=O)NCC1NCCc3ccccc31)OCO2. The summed E-state index contributed by atoms with van der Waals surface area (Å²) in [7, 11) is -3.64. The van der Waals surface area contributed by atoms with Gasteiger partial charge >= 0.3 is 0 Å². The Labute approximate surface area is 147 Å². The van der Waals surface area contributed by atoms with E-state index >= 15 is 0 Å². The third kappa shape index (κ3) is 3.10. The van der Waals surface area contributed by atoms with Crippen LogP contribution < -0.4 is 19.5 Å². The molecule has 0 aromatic heterocycles. The highest BCUT2D eigenvalue weighted by Gasteiger charge is 2.25. The molecular weight excluding hydrogens is 340 g/mol. The number of benzene rings is 2. The maximum atomic E-state index is 12.8. The van der Waals surface area contributed by atoms with Crippen molar-refractivity contribution in [1.29, 1.82) is 0 Å². The molecule has 6 nitrogen and oxygen atoms in total. The molecule has 2 heterocycles. The van der Waals surface area contributed by atoms with Crippen LogP contribution in [-0.4, -0.2) is 28.3 Å². The van der Waals surface area contributed by atoms with Gasteiger partial charge in [0.25, 0.3) is 0 Å². The third-order valence-electron chi connectivity index (χ3n) is 4.65. The minimum Gasteiger partial charge on any atom is -0.454 e. The molecule has 2 aromatic carbocycles. The molecule has 1 unspecified atom stereocenters. The van der Waals surface area contributed by atoms with Gasteiger partial charge in [-0.3, -0.25) is 0 Å². The smallest absolute Gasteiger partial charge is 0.241 e. The standard InChI is InChI=1S/C18H20N2O4S/c1-12-8-16-17(24-11-23-16)9-18(12)25(21,22)20-10-15-14-5-3-2-4-13(14)6-7-19-15/h2-5,8-9,15,19-20H,6-7,10-11H2,1H3. The molecule has 0 bridgehead atoms. The summed E-state index contributed by atoms with van der Waals surface area (Å²) in [6.07, 6.45) is 0.959. The molecule has 0 fully saturated rings. The number of ether oxygens (including phenoxy) is 2. The van der Waals surface area contributed by atoms with Crippen LogP contribution in [0, 0.1) is 6.92 Å². The molecule has 7 heteroatoms. The van der Waals surface area contributed by atoms with Gasteiger partial charge in [-0.15, -0.1) is 0 Å². The van der Waals surface area contributed by atoms with Gasteiger partial charge in [0, 0.05) is 18.7 Å². The van der Waals surface area contributed by atoms with Crippen molar-refractivity contribution in [3.63, 3.8) is 0 Å². The lowest BCUT2D eigenvalue weighted by atomic mass is 9.95. The molecule has 2 aliphatic heterocycles. The maximum Gasteiger partial charge on any atom is 0.241 e. The summed E-state index contributed by atoms with van der Waals surface area (Å²) >= 11 is 0. The first-order valence-corrected chi connectivity index (χ1v) is 9.74. The van der Waals surface area contributed by atoms with E-state index in [9.17, 15) is 8.42 Å². The molecule has 2 aliphatic rings. The van der Waals surface area contributed by atoms with E-state index in [4.69, 9.17) is 9.47 Å². The second kappa shape index (κ2) is 6.33. The first-order chi connectivity index (χ1) is 12.0. The fourth-order valence-electron chi connectivity index (χ4n) is 3.36. The van der Waals surface area contributed by atoms with E-state index in [-0.39, 0.29) is 17.7 Å². The topological polar surface area (TPSA) is 76.7 Å². The Kier molecular flexibility index (Phi) is 4.15. The second-order valence-corrected chi connectivity index (χ2v) is 8.01. The second-order valence-electron chi connectivity index (χ2n) is 6.28. The molecular formula is C18H20N2O4S. The van der Waals surface area contributed by atoms with Crippen LogP contribution >= 0.6 is 0 Å². The number of rotatable bonds is 4. The lowest BCUT2D eigenvalue weighted by Gasteiger charge is -2.27. The van der Waals surface area contributed by atoms with Gasteiger partial charge in [0.1, 0.15) is 0 Å². The Bertz CT molecular complexity index is 911. The van der Waals surface area contributed by atoms with Gasteiger partial charge in [-0.1, -0.05) is 24.3 Å². The van der Waals surface area contributed by atoms with Crippen LogP contribution in [0.3, 0.4) is 0 Å². The molecule has 0 spiro atoms. The molecule has 0 saturated carbocycles. The summed E-state index contributed by atoms with van der Waals surface area (Å²) in [6, 6.07) is 11.3. The molecule has 0 radical (unpaired) electrons. The van der Waals surface area contributed by atoms with Crippen molar-refractivity contribution in [3.8, 4) is 11.5 Å². The highest BCUT2D eigenvalue weighted by atomic mass is 32.2. The predicted octanol–water partition coefficient (Wildman–Crippen LogP) is 1.89. The monoisotopic (exact) mass is 360 g/mol. The predicted molar refractivity (Wildman–Crippen MR) is 93.4 cm³/mol. The van der Waals surface area contributed by atoms with E-state index in [0.717, 1.165) is 18.5 Å². The summed E-state index contributed by atoms with van der Waals surface area (Å²) in [5.74, 6) is 1.05. The summed E-state index contributed by atoms with van der Waals surface area (Å²) in [5.41, 5.74) is 3.05. The van der Waals surface area contributed by atoms with E-state index in [1.54, 1.807) is 13.0 Å². The molecule has 0 amide bonds. The van der Waals surface area contributed by atoms with Crippen molar-refractivity contribution in [3.05, 3.63) is 53.1 Å². The first kappa shape index (κ1) is 16.4. The minimum atomic E-state index is -3.64. The Balaban J connectivity index is 1.55. The molecule has 132 valence electrons. The number of hydrogen-bond acceptors (Lipinski definition) is 5. The fraction of sp³-hybridized carbons (Fsp3) is 0.333. The van der Waals surface area contributed by atoms with Gasteiger partial charge in [0.2, 0.25) is 16.8 Å². The van der Waals surface area contributed by atoms with Gasteiger partial charge < -0.3 is 14.8 Å². The van der Waals surface area contributed by atoms with Crippen LogP contribution in [0.4, 0.5) is 0 Å². The van der Waals surface area contributed by atoms with Crippen LogP contribution in [0.2, 0.25) is 0 Å². The zero-order valence-electron chi connectivity index (χ0n) is 13.9. The Morgan fingerprint density at radius 1 is 1.20 bits per heavy atom. The van der Waals surface area contributed by atoms with Gasteiger partial charge in [-0.25, -0.2) is 13.1 Å². The zero-order chi connectivity index (χ0) is 17.4. The van der Waals surface area contributed by atoms with E-state index in [1.807, 2.05) is 18.2 Å². The van der Waals surface area contributed by atoms with Gasteiger partial charge in [-0.05, 0) is 42.6 Å². The third-order valence-corrected chi connectivity index (χ3v) is 6.22. The normalized spacial score (nSPS) is 18.8. The summed E-state index contributed by atoms with van der Waals surface area (Å²) in [6.45, 7) is 3.01. The van der Waals surface area contributed by atoms with Gasteiger partial charge in [-0.2, -0.15) is 0 Å². The van der Waals surface area contributed by atoms with E-state index in [2.05, 4.69) is 16.1 Å². The first-order valence-electron chi connectivity index (χ1n) is 8.26. The van der Waals surface area contributed by atoms with Crippen molar-refractivity contribution in [2.75, 3.05) is 19.9 Å². The van der Waals surface area contributed by atoms with Gasteiger partial charge in [0.05, 0.1) is 4.90 Å². The van der Waals surface area contributed by atoms with Crippen molar-refractivity contribution in [1.82, 2.24) is 10.0 Å². The molecule has 2 N–H and O–H groups in total. The van der Waals surface area contributed by atoms with Crippen LogP contribution in [0.1, 0.15) is 22.7 Å². The Morgan fingerprint density at radius 2 is 1.96 bits per heavy atom. The Morgan fingerprint density at radius 3 is 2.80 bits per heavy atom. The molecule has 4 rings (SSSR count). The number of aryl methyl sites for hydroxylation is 1. The minimum absolute atomic E-state index is 0.0333. The van der Waals surface area contributed by atoms with Crippen LogP contribution in [0.15, 0.2) is 41.3 Å². The molecule has 2 aromatic rings. The summed E-state index contributed by atoms with van der Waals surface area (Å²) in [4.78, 5) is 0.223.